The van der Waals surface area contributed by atoms with Crippen molar-refractivity contribution < 1.29 is 0 Å². The zero-order chi connectivity index (χ0) is 33.3. The predicted molar refractivity (Wildman–Crippen MR) is 210 cm³/mol. The molecule has 0 aromatic heterocycles. The second kappa shape index (κ2) is 12.8. The highest BCUT2D eigenvalue weighted by Gasteiger charge is 2.49. The summed E-state index contributed by atoms with van der Waals surface area (Å²) in [6.07, 6.45) is 12.6. The van der Waals surface area contributed by atoms with E-state index in [2.05, 4.69) is 199 Å². The molecule has 0 spiro atoms. The van der Waals surface area contributed by atoms with Crippen molar-refractivity contribution >= 4 is 16.8 Å². The minimum absolute atomic E-state index is 0.166. The average molecular weight is 642 g/mol. The predicted octanol–water partition coefficient (Wildman–Crippen LogP) is 12.1. The van der Waals surface area contributed by atoms with Gasteiger partial charge in [0.15, 0.2) is 0 Å². The number of hydrogen-bond donors (Lipinski definition) is 0. The number of benzene rings is 6. The van der Waals surface area contributed by atoms with E-state index in [1.807, 2.05) is 0 Å². The van der Waals surface area contributed by atoms with Gasteiger partial charge in [0, 0.05) is 17.0 Å². The summed E-state index contributed by atoms with van der Waals surface area (Å²) in [6, 6.07) is 62.4. The summed E-state index contributed by atoms with van der Waals surface area (Å²) < 4.78 is 0. The van der Waals surface area contributed by atoms with Crippen LogP contribution in [-0.2, 0) is 5.41 Å². The van der Waals surface area contributed by atoms with Crippen LogP contribution in [0.1, 0.15) is 47.1 Å². The zero-order valence-corrected chi connectivity index (χ0v) is 28.1. The monoisotopic (exact) mass is 641 g/mol. The van der Waals surface area contributed by atoms with Crippen LogP contribution in [0.15, 0.2) is 205 Å². The molecule has 0 radical (unpaired) electrons. The molecular formula is C49H39N. The van der Waals surface area contributed by atoms with Gasteiger partial charge in [0.25, 0.3) is 0 Å². The van der Waals surface area contributed by atoms with Gasteiger partial charge in [-0.25, -0.2) is 0 Å². The van der Waals surface area contributed by atoms with Crippen LogP contribution in [0.3, 0.4) is 0 Å². The van der Waals surface area contributed by atoms with Crippen molar-refractivity contribution in [2.45, 2.75) is 30.7 Å². The SMILES string of the molecule is C1=CC(N(C2=CCCC3=C2c2ccccc2C3(c2ccccc2)c2ccccc2)c2ccc(-c3ccccc3)cc2)CC=C1c1ccccc1. The standard InChI is InChI=1S/C49H39N/c1-5-16-36(17-6-1)38-28-32-42(33-29-38)50(43-34-30-39(31-35-43)37-18-7-2-8-19-37)47-27-15-26-46-48(47)44-24-13-14-25-45(44)49(46,40-20-9-3-10-21-40)41-22-11-4-12-23-41/h1-14,16-25,27-34,43H,15,26,35H2. The van der Waals surface area contributed by atoms with Crippen LogP contribution in [0, 0.1) is 0 Å². The Morgan fingerprint density at radius 3 is 1.70 bits per heavy atom. The smallest absolute Gasteiger partial charge is 0.0677 e. The molecular weight excluding hydrogens is 603 g/mol. The largest absolute Gasteiger partial charge is 0.334 e. The lowest BCUT2D eigenvalue weighted by atomic mass is 9.65. The Morgan fingerprint density at radius 1 is 0.520 bits per heavy atom. The molecule has 1 unspecified atom stereocenters. The quantitative estimate of drug-likeness (QED) is 0.168. The van der Waals surface area contributed by atoms with Crippen LogP contribution in [0.2, 0.25) is 0 Å². The van der Waals surface area contributed by atoms with E-state index in [4.69, 9.17) is 0 Å². The summed E-state index contributed by atoms with van der Waals surface area (Å²) >= 11 is 0. The Kier molecular flexibility index (Phi) is 7.75. The van der Waals surface area contributed by atoms with E-state index in [1.165, 1.54) is 67.0 Å². The molecule has 6 aromatic carbocycles. The number of hydrogen-bond acceptors (Lipinski definition) is 1. The highest BCUT2D eigenvalue weighted by atomic mass is 15.2. The van der Waals surface area contributed by atoms with E-state index in [-0.39, 0.29) is 11.5 Å². The van der Waals surface area contributed by atoms with Crippen molar-refractivity contribution in [1.82, 2.24) is 0 Å². The summed E-state index contributed by atoms with van der Waals surface area (Å²) in [4.78, 5) is 2.63. The maximum absolute atomic E-state index is 2.63. The Hall–Kier alpha value is -5.92. The summed E-state index contributed by atoms with van der Waals surface area (Å²) in [5, 5.41) is 0. The fraction of sp³-hybridized carbons (Fsp3) is 0.102. The molecule has 0 aliphatic heterocycles. The van der Waals surface area contributed by atoms with Gasteiger partial charge in [-0.2, -0.15) is 0 Å². The van der Waals surface area contributed by atoms with E-state index >= 15 is 0 Å². The second-order valence-corrected chi connectivity index (χ2v) is 13.5. The first-order chi connectivity index (χ1) is 24.8. The molecule has 0 saturated carbocycles. The number of allylic oxidation sites excluding steroid dienone is 5. The molecule has 3 aliphatic carbocycles. The van der Waals surface area contributed by atoms with Crippen LogP contribution in [0.4, 0.5) is 5.69 Å². The fourth-order valence-corrected chi connectivity index (χ4v) is 8.62. The molecule has 240 valence electrons. The van der Waals surface area contributed by atoms with Crippen LogP contribution < -0.4 is 4.90 Å². The molecule has 3 aliphatic rings. The highest BCUT2D eigenvalue weighted by Crippen LogP contribution is 2.59. The van der Waals surface area contributed by atoms with Crippen LogP contribution >= 0.6 is 0 Å². The fourth-order valence-electron chi connectivity index (χ4n) is 8.62. The first kappa shape index (κ1) is 30.2. The highest BCUT2D eigenvalue weighted by molar-refractivity contribution is 5.96. The Balaban J connectivity index is 1.23. The molecule has 0 bridgehead atoms. The van der Waals surface area contributed by atoms with E-state index in [0.29, 0.717) is 0 Å². The lowest BCUT2D eigenvalue weighted by Crippen LogP contribution is -2.36. The van der Waals surface area contributed by atoms with Gasteiger partial charge < -0.3 is 4.90 Å². The Bertz CT molecular complexity index is 2220. The van der Waals surface area contributed by atoms with Crippen molar-refractivity contribution in [3.8, 4) is 11.1 Å². The molecule has 0 fully saturated rings. The molecule has 0 amide bonds. The molecule has 9 rings (SSSR count). The molecule has 50 heavy (non-hydrogen) atoms. The summed E-state index contributed by atoms with van der Waals surface area (Å²) in [6.45, 7) is 0. The third-order valence-electron chi connectivity index (χ3n) is 10.8. The Labute approximate surface area is 295 Å². The zero-order valence-electron chi connectivity index (χ0n) is 28.1. The van der Waals surface area contributed by atoms with Crippen molar-refractivity contribution in [2.24, 2.45) is 0 Å². The summed E-state index contributed by atoms with van der Waals surface area (Å²) in [7, 11) is 0. The van der Waals surface area contributed by atoms with Gasteiger partial charge in [0.2, 0.25) is 0 Å². The van der Waals surface area contributed by atoms with Crippen molar-refractivity contribution in [2.75, 3.05) is 4.90 Å². The molecule has 6 aromatic rings. The second-order valence-electron chi connectivity index (χ2n) is 13.5. The maximum Gasteiger partial charge on any atom is 0.0677 e. The third kappa shape index (κ3) is 5.01. The molecule has 0 N–H and O–H groups in total. The minimum atomic E-state index is -0.362. The van der Waals surface area contributed by atoms with Gasteiger partial charge in [-0.1, -0.05) is 182 Å². The first-order valence-electron chi connectivity index (χ1n) is 17.9. The normalized spacial score (nSPS) is 17.4. The van der Waals surface area contributed by atoms with Gasteiger partial charge in [0.1, 0.15) is 0 Å². The van der Waals surface area contributed by atoms with E-state index in [9.17, 15) is 0 Å². The molecule has 0 heterocycles. The molecule has 0 saturated heterocycles. The van der Waals surface area contributed by atoms with Crippen molar-refractivity contribution in [3.05, 3.63) is 233 Å². The lowest BCUT2D eigenvalue weighted by Gasteiger charge is -2.39. The average Bonchev–Trinajstić information content (AvgIpc) is 3.52. The van der Waals surface area contributed by atoms with Gasteiger partial charge in [-0.05, 0) is 81.5 Å². The molecule has 1 atom stereocenters. The molecule has 1 nitrogen and oxygen atoms in total. The van der Waals surface area contributed by atoms with Crippen molar-refractivity contribution in [3.63, 3.8) is 0 Å². The van der Waals surface area contributed by atoms with Crippen LogP contribution in [0.25, 0.3) is 22.3 Å². The van der Waals surface area contributed by atoms with Crippen LogP contribution in [-0.4, -0.2) is 6.04 Å². The maximum atomic E-state index is 2.63. The number of anilines is 1. The Morgan fingerprint density at radius 2 is 1.08 bits per heavy atom. The van der Waals surface area contributed by atoms with E-state index < -0.39 is 0 Å². The van der Waals surface area contributed by atoms with Crippen LogP contribution in [0.5, 0.6) is 0 Å². The third-order valence-corrected chi connectivity index (χ3v) is 10.8. The lowest BCUT2D eigenvalue weighted by molar-refractivity contribution is 0.689. The van der Waals surface area contributed by atoms with Gasteiger partial charge in [-0.15, -0.1) is 0 Å². The number of nitrogens with zero attached hydrogens (tertiary/aromatic N) is 1. The van der Waals surface area contributed by atoms with Gasteiger partial charge >= 0.3 is 0 Å². The van der Waals surface area contributed by atoms with Gasteiger partial charge in [0.05, 0.1) is 11.5 Å². The number of rotatable bonds is 7. The number of fused-ring (bicyclic) bond motifs is 2. The summed E-state index contributed by atoms with van der Waals surface area (Å²) in [5.41, 5.74) is 15.4. The van der Waals surface area contributed by atoms with Gasteiger partial charge in [-0.3, -0.25) is 0 Å². The minimum Gasteiger partial charge on any atom is -0.334 e. The summed E-state index contributed by atoms with van der Waals surface area (Å²) in [5.74, 6) is 0. The topological polar surface area (TPSA) is 3.24 Å². The van der Waals surface area contributed by atoms with E-state index in [0.717, 1.165) is 19.3 Å². The van der Waals surface area contributed by atoms with Crippen molar-refractivity contribution in [1.29, 1.82) is 0 Å². The molecule has 1 heteroatoms. The first-order valence-corrected chi connectivity index (χ1v) is 17.9. The van der Waals surface area contributed by atoms with E-state index in [1.54, 1.807) is 0 Å².